The molecule has 0 radical (unpaired) electrons. The number of benzene rings is 1. The van der Waals surface area contributed by atoms with E-state index < -0.39 is 0 Å². The zero-order valence-electron chi connectivity index (χ0n) is 15.2. The summed E-state index contributed by atoms with van der Waals surface area (Å²) in [4.78, 5) is 44.9. The molecule has 1 N–H and O–H groups in total. The Morgan fingerprint density at radius 1 is 1.11 bits per heavy atom. The predicted octanol–water partition coefficient (Wildman–Crippen LogP) is 3.19. The molecule has 0 spiro atoms. The van der Waals surface area contributed by atoms with Gasteiger partial charge in [-0.3, -0.25) is 19.3 Å². The summed E-state index contributed by atoms with van der Waals surface area (Å²) in [6.07, 6.45) is 0.630. The fraction of sp³-hybridized carbons (Fsp3) is 0.368. The number of amides is 2. The van der Waals surface area contributed by atoms with Gasteiger partial charge in [-0.15, -0.1) is 0 Å². The Morgan fingerprint density at radius 2 is 1.78 bits per heavy atom. The number of aromatic nitrogens is 2. The molecular weight excluding hydrogens is 382 g/mol. The van der Waals surface area contributed by atoms with Crippen LogP contribution in [0.2, 0.25) is 0 Å². The van der Waals surface area contributed by atoms with E-state index in [9.17, 15) is 14.4 Å². The monoisotopic (exact) mass is 403 g/mol. The minimum absolute atomic E-state index is 0.160. The minimum atomic E-state index is -0.236. The number of nitrogens with one attached hydrogen (secondary N) is 1. The van der Waals surface area contributed by atoms with Crippen LogP contribution in [0.3, 0.4) is 0 Å². The van der Waals surface area contributed by atoms with Gasteiger partial charge in [0.2, 0.25) is 0 Å². The van der Waals surface area contributed by atoms with Crippen LogP contribution in [0.1, 0.15) is 46.7 Å². The standard InChI is InChI=1S/C19H21N3O3S2/c1-12(2)27-11-13-10-16(23)21-19(20-13)26-9-5-8-22-17(24)14-6-3-4-7-15(14)18(22)25/h3-4,6-7,10,12H,5,8-9,11H2,1-2H3,(H,20,21,23). The van der Waals surface area contributed by atoms with Crippen molar-refractivity contribution in [3.63, 3.8) is 0 Å². The first-order valence-electron chi connectivity index (χ1n) is 8.75. The average Bonchev–Trinajstić information content (AvgIpc) is 2.88. The summed E-state index contributed by atoms with van der Waals surface area (Å²) in [6, 6.07) is 8.41. The number of fused-ring (bicyclic) bond motifs is 1. The molecule has 1 aliphatic heterocycles. The first kappa shape index (κ1) is 19.7. The molecular formula is C19H21N3O3S2. The fourth-order valence-electron chi connectivity index (χ4n) is 2.71. The molecule has 1 aromatic carbocycles. The minimum Gasteiger partial charge on any atom is -0.301 e. The summed E-state index contributed by atoms with van der Waals surface area (Å²) in [5, 5.41) is 1.05. The lowest BCUT2D eigenvalue weighted by atomic mass is 10.1. The summed E-state index contributed by atoms with van der Waals surface area (Å²) < 4.78 is 0. The molecule has 2 heterocycles. The number of hydrogen-bond donors (Lipinski definition) is 1. The van der Waals surface area contributed by atoms with E-state index in [-0.39, 0.29) is 17.4 Å². The summed E-state index contributed by atoms with van der Waals surface area (Å²) in [5.74, 6) is 0.876. The summed E-state index contributed by atoms with van der Waals surface area (Å²) in [6.45, 7) is 4.56. The highest BCUT2D eigenvalue weighted by atomic mass is 32.2. The van der Waals surface area contributed by atoms with Crippen molar-refractivity contribution in [3.05, 3.63) is 57.5 Å². The Bertz CT molecular complexity index is 876. The molecule has 0 fully saturated rings. The van der Waals surface area contributed by atoms with E-state index in [0.717, 1.165) is 5.69 Å². The van der Waals surface area contributed by atoms with Gasteiger partial charge in [0.1, 0.15) is 0 Å². The number of aromatic amines is 1. The highest BCUT2D eigenvalue weighted by Crippen LogP contribution is 2.23. The van der Waals surface area contributed by atoms with E-state index in [1.807, 2.05) is 0 Å². The average molecular weight is 404 g/mol. The molecule has 2 aromatic rings. The number of imide groups is 1. The molecule has 27 heavy (non-hydrogen) atoms. The van der Waals surface area contributed by atoms with Gasteiger partial charge in [0.25, 0.3) is 17.4 Å². The third-order valence-electron chi connectivity index (χ3n) is 3.98. The van der Waals surface area contributed by atoms with Crippen LogP contribution in [0.4, 0.5) is 0 Å². The van der Waals surface area contributed by atoms with E-state index in [4.69, 9.17) is 0 Å². The Labute approximate surface area is 166 Å². The van der Waals surface area contributed by atoms with Crippen LogP contribution in [0.5, 0.6) is 0 Å². The number of hydrogen-bond acceptors (Lipinski definition) is 6. The largest absolute Gasteiger partial charge is 0.301 e. The van der Waals surface area contributed by atoms with Crippen LogP contribution in [0.15, 0.2) is 40.3 Å². The molecule has 0 saturated heterocycles. The van der Waals surface area contributed by atoms with Gasteiger partial charge in [0.15, 0.2) is 5.16 Å². The van der Waals surface area contributed by atoms with Crippen molar-refractivity contribution in [2.75, 3.05) is 12.3 Å². The highest BCUT2D eigenvalue weighted by molar-refractivity contribution is 7.99. The molecule has 0 atom stereocenters. The second kappa shape index (κ2) is 8.75. The van der Waals surface area contributed by atoms with Gasteiger partial charge >= 0.3 is 0 Å². The van der Waals surface area contributed by atoms with Crippen molar-refractivity contribution in [1.82, 2.24) is 14.9 Å². The van der Waals surface area contributed by atoms with Crippen molar-refractivity contribution < 1.29 is 9.59 Å². The van der Waals surface area contributed by atoms with Crippen LogP contribution in [0.25, 0.3) is 0 Å². The lowest BCUT2D eigenvalue weighted by molar-refractivity contribution is 0.0655. The number of rotatable bonds is 8. The molecule has 142 valence electrons. The van der Waals surface area contributed by atoms with Crippen molar-refractivity contribution in [2.45, 2.75) is 36.4 Å². The maximum Gasteiger partial charge on any atom is 0.261 e. The maximum atomic E-state index is 12.3. The lowest BCUT2D eigenvalue weighted by Crippen LogP contribution is -2.31. The smallest absolute Gasteiger partial charge is 0.261 e. The quantitative estimate of drug-likeness (QED) is 0.315. The summed E-state index contributed by atoms with van der Waals surface area (Å²) >= 11 is 3.16. The molecule has 0 unspecified atom stereocenters. The molecule has 6 nitrogen and oxygen atoms in total. The Balaban J connectivity index is 1.53. The van der Waals surface area contributed by atoms with Crippen LogP contribution >= 0.6 is 23.5 Å². The number of nitrogens with zero attached hydrogens (tertiary/aromatic N) is 2. The van der Waals surface area contributed by atoms with E-state index in [0.29, 0.717) is 46.0 Å². The van der Waals surface area contributed by atoms with Crippen molar-refractivity contribution in [3.8, 4) is 0 Å². The van der Waals surface area contributed by atoms with Crippen molar-refractivity contribution in [1.29, 1.82) is 0 Å². The number of carbonyl (C=O) groups excluding carboxylic acids is 2. The van der Waals surface area contributed by atoms with Crippen molar-refractivity contribution >= 4 is 35.3 Å². The third kappa shape index (κ3) is 4.81. The van der Waals surface area contributed by atoms with Crippen LogP contribution in [0, 0.1) is 0 Å². The Kier molecular flexibility index (Phi) is 6.38. The first-order valence-corrected chi connectivity index (χ1v) is 10.8. The van der Waals surface area contributed by atoms with Crippen LogP contribution in [-0.4, -0.2) is 44.2 Å². The normalized spacial score (nSPS) is 13.5. The van der Waals surface area contributed by atoms with Gasteiger partial charge in [0.05, 0.1) is 16.8 Å². The van der Waals surface area contributed by atoms with Gasteiger partial charge in [-0.25, -0.2) is 4.98 Å². The molecule has 0 saturated carbocycles. The van der Waals surface area contributed by atoms with Crippen LogP contribution in [-0.2, 0) is 5.75 Å². The van der Waals surface area contributed by atoms with Crippen LogP contribution < -0.4 is 5.56 Å². The van der Waals surface area contributed by atoms with E-state index in [1.165, 1.54) is 22.7 Å². The number of H-pyrrole nitrogens is 1. The van der Waals surface area contributed by atoms with Gasteiger partial charge in [-0.2, -0.15) is 11.8 Å². The zero-order valence-corrected chi connectivity index (χ0v) is 16.9. The van der Waals surface area contributed by atoms with Gasteiger partial charge in [-0.05, 0) is 23.8 Å². The second-order valence-electron chi connectivity index (χ2n) is 6.41. The second-order valence-corrected chi connectivity index (χ2v) is 9.06. The predicted molar refractivity (Wildman–Crippen MR) is 108 cm³/mol. The van der Waals surface area contributed by atoms with E-state index >= 15 is 0 Å². The molecule has 1 aromatic heterocycles. The number of carbonyl (C=O) groups is 2. The third-order valence-corrected chi connectivity index (χ3v) is 6.07. The highest BCUT2D eigenvalue weighted by Gasteiger charge is 2.34. The maximum absolute atomic E-state index is 12.3. The summed E-state index contributed by atoms with van der Waals surface area (Å²) in [7, 11) is 0. The fourth-order valence-corrected chi connectivity index (χ4v) is 4.18. The topological polar surface area (TPSA) is 83.1 Å². The molecule has 0 bridgehead atoms. The summed E-state index contributed by atoms with van der Waals surface area (Å²) in [5.41, 5.74) is 1.54. The van der Waals surface area contributed by atoms with Gasteiger partial charge in [-0.1, -0.05) is 37.7 Å². The van der Waals surface area contributed by atoms with E-state index in [2.05, 4.69) is 23.8 Å². The van der Waals surface area contributed by atoms with E-state index in [1.54, 1.807) is 36.0 Å². The Hall–Kier alpha value is -2.06. The zero-order chi connectivity index (χ0) is 19.4. The molecule has 1 aliphatic rings. The number of thioether (sulfide) groups is 2. The molecule has 8 heteroatoms. The molecule has 2 amide bonds. The van der Waals surface area contributed by atoms with Crippen molar-refractivity contribution in [2.24, 2.45) is 0 Å². The van der Waals surface area contributed by atoms with Gasteiger partial charge in [0, 0.05) is 24.1 Å². The first-order chi connectivity index (χ1) is 13.0. The molecule has 0 aliphatic carbocycles. The van der Waals surface area contributed by atoms with Gasteiger partial charge < -0.3 is 4.98 Å². The lowest BCUT2D eigenvalue weighted by Gasteiger charge is -2.13. The molecule has 3 rings (SSSR count). The Morgan fingerprint density at radius 3 is 2.41 bits per heavy atom. The SMILES string of the molecule is CC(C)SCc1cc(=O)[nH]c(SCCCN2C(=O)c3ccccc3C2=O)n1.